The van der Waals surface area contributed by atoms with Crippen LogP contribution in [-0.4, -0.2) is 12.9 Å². The summed E-state index contributed by atoms with van der Waals surface area (Å²) in [6, 6.07) is 7.49. The molecule has 0 spiro atoms. The second kappa shape index (κ2) is 4.46. The number of carbonyl (C=O) groups is 1. The zero-order valence-corrected chi connectivity index (χ0v) is 10.1. The lowest BCUT2D eigenvalue weighted by molar-refractivity contribution is -0.123. The number of Topliss-reactive ketones (excluding diaryl/α,β-unsaturated/α-hetero) is 1. The lowest BCUT2D eigenvalue weighted by Gasteiger charge is -2.30. The van der Waals surface area contributed by atoms with Crippen LogP contribution in [0.25, 0.3) is 0 Å². The van der Waals surface area contributed by atoms with Crippen molar-refractivity contribution in [2.45, 2.75) is 30.6 Å². The highest BCUT2D eigenvalue weighted by Gasteiger charge is 2.39. The van der Waals surface area contributed by atoms with Crippen molar-refractivity contribution in [2.75, 3.05) is 7.11 Å². The standard InChI is InChI=1S/C13H15ClO2/c1-16-11-6-4-5-10(9-11)13(14)8-3-2-7-12(13)15/h4-6,9H,2-3,7-8H2,1H3. The molecule has 0 radical (unpaired) electrons. The lowest BCUT2D eigenvalue weighted by atomic mass is 9.82. The Hall–Kier alpha value is -1.02. The van der Waals surface area contributed by atoms with Gasteiger partial charge in [-0.15, -0.1) is 11.6 Å². The first-order chi connectivity index (χ1) is 7.66. The van der Waals surface area contributed by atoms with Gasteiger partial charge in [0.05, 0.1) is 7.11 Å². The zero-order chi connectivity index (χ0) is 11.6. The summed E-state index contributed by atoms with van der Waals surface area (Å²) in [5.74, 6) is 0.879. The first-order valence-corrected chi connectivity index (χ1v) is 5.91. The fourth-order valence-corrected chi connectivity index (χ4v) is 2.51. The molecule has 2 nitrogen and oxygen atoms in total. The van der Waals surface area contributed by atoms with Crippen molar-refractivity contribution in [2.24, 2.45) is 0 Å². The van der Waals surface area contributed by atoms with E-state index in [9.17, 15) is 4.79 Å². The van der Waals surface area contributed by atoms with Gasteiger partial charge in [-0.25, -0.2) is 0 Å². The molecule has 1 atom stereocenters. The molecule has 1 fully saturated rings. The Balaban J connectivity index is 2.37. The van der Waals surface area contributed by atoms with Crippen LogP contribution in [-0.2, 0) is 9.67 Å². The van der Waals surface area contributed by atoms with Crippen molar-refractivity contribution in [1.29, 1.82) is 0 Å². The SMILES string of the molecule is COc1cccc(C2(Cl)CCCCC2=O)c1. The maximum Gasteiger partial charge on any atom is 0.158 e. The molecule has 0 saturated heterocycles. The number of halogens is 1. The Morgan fingerprint density at radius 3 is 2.88 bits per heavy atom. The Morgan fingerprint density at radius 2 is 2.19 bits per heavy atom. The van der Waals surface area contributed by atoms with Crippen molar-refractivity contribution < 1.29 is 9.53 Å². The minimum absolute atomic E-state index is 0.133. The molecule has 1 aliphatic carbocycles. The summed E-state index contributed by atoms with van der Waals surface area (Å²) in [7, 11) is 1.61. The van der Waals surface area contributed by atoms with Crippen molar-refractivity contribution in [1.82, 2.24) is 0 Å². The number of rotatable bonds is 2. The molecule has 1 aliphatic rings. The van der Waals surface area contributed by atoms with Gasteiger partial charge in [0.15, 0.2) is 5.78 Å². The average Bonchev–Trinajstić information content (AvgIpc) is 2.33. The minimum Gasteiger partial charge on any atom is -0.497 e. The molecule has 0 aromatic heterocycles. The Morgan fingerprint density at radius 1 is 1.38 bits per heavy atom. The van der Waals surface area contributed by atoms with Gasteiger partial charge in [0.1, 0.15) is 10.6 Å². The van der Waals surface area contributed by atoms with Crippen LogP contribution in [0.15, 0.2) is 24.3 Å². The highest BCUT2D eigenvalue weighted by atomic mass is 35.5. The maximum absolute atomic E-state index is 11.9. The van der Waals surface area contributed by atoms with Crippen LogP contribution in [0.3, 0.4) is 0 Å². The van der Waals surface area contributed by atoms with E-state index in [1.807, 2.05) is 24.3 Å². The van der Waals surface area contributed by atoms with Crippen molar-refractivity contribution >= 4 is 17.4 Å². The summed E-state index contributed by atoms with van der Waals surface area (Å²) in [4.78, 5) is 11.1. The van der Waals surface area contributed by atoms with E-state index in [2.05, 4.69) is 0 Å². The van der Waals surface area contributed by atoms with E-state index >= 15 is 0 Å². The predicted octanol–water partition coefficient (Wildman–Crippen LogP) is 3.27. The first-order valence-electron chi connectivity index (χ1n) is 5.53. The van der Waals surface area contributed by atoms with Gasteiger partial charge in [-0.2, -0.15) is 0 Å². The quantitative estimate of drug-likeness (QED) is 0.740. The number of hydrogen-bond donors (Lipinski definition) is 0. The van der Waals surface area contributed by atoms with E-state index in [0.717, 1.165) is 30.6 Å². The van der Waals surface area contributed by atoms with Gasteiger partial charge < -0.3 is 4.74 Å². The number of benzene rings is 1. The van der Waals surface area contributed by atoms with Gasteiger partial charge >= 0.3 is 0 Å². The van der Waals surface area contributed by atoms with Crippen LogP contribution in [0.4, 0.5) is 0 Å². The summed E-state index contributed by atoms with van der Waals surface area (Å²) in [6.45, 7) is 0. The number of ketones is 1. The van der Waals surface area contributed by atoms with Crippen molar-refractivity contribution in [3.05, 3.63) is 29.8 Å². The van der Waals surface area contributed by atoms with Crippen LogP contribution in [0.5, 0.6) is 5.75 Å². The average molecular weight is 239 g/mol. The fraction of sp³-hybridized carbons (Fsp3) is 0.462. The molecular weight excluding hydrogens is 224 g/mol. The van der Waals surface area contributed by atoms with E-state index in [1.165, 1.54) is 0 Å². The van der Waals surface area contributed by atoms with Crippen LogP contribution < -0.4 is 4.74 Å². The van der Waals surface area contributed by atoms with E-state index in [-0.39, 0.29) is 5.78 Å². The van der Waals surface area contributed by atoms with E-state index < -0.39 is 4.87 Å². The highest BCUT2D eigenvalue weighted by molar-refractivity contribution is 6.35. The molecule has 0 aliphatic heterocycles. The Bertz CT molecular complexity index is 403. The smallest absolute Gasteiger partial charge is 0.158 e. The fourth-order valence-electron chi connectivity index (χ4n) is 2.17. The first kappa shape index (κ1) is 11.5. The van der Waals surface area contributed by atoms with Gasteiger partial charge in [-0.3, -0.25) is 4.79 Å². The van der Waals surface area contributed by atoms with Crippen molar-refractivity contribution in [3.8, 4) is 5.75 Å². The molecule has 1 unspecified atom stereocenters. The highest BCUT2D eigenvalue weighted by Crippen LogP contribution is 2.41. The topological polar surface area (TPSA) is 26.3 Å². The second-order valence-electron chi connectivity index (χ2n) is 4.16. The summed E-state index contributed by atoms with van der Waals surface area (Å²) >= 11 is 6.47. The third-order valence-corrected chi connectivity index (χ3v) is 3.76. The number of carbonyl (C=O) groups excluding carboxylic acids is 1. The summed E-state index contributed by atoms with van der Waals surface area (Å²) in [5, 5.41) is 0. The molecule has 0 amide bonds. The molecular formula is C13H15ClO2. The Labute approximate surface area is 101 Å². The van der Waals surface area contributed by atoms with Gasteiger partial charge in [0.2, 0.25) is 0 Å². The van der Waals surface area contributed by atoms with Gasteiger partial charge in [0.25, 0.3) is 0 Å². The zero-order valence-electron chi connectivity index (χ0n) is 9.33. The second-order valence-corrected chi connectivity index (χ2v) is 4.81. The third kappa shape index (κ3) is 1.94. The molecule has 0 bridgehead atoms. The largest absolute Gasteiger partial charge is 0.497 e. The molecule has 2 rings (SSSR count). The molecule has 1 saturated carbocycles. The van der Waals surface area contributed by atoms with Crippen LogP contribution in [0.2, 0.25) is 0 Å². The lowest BCUT2D eigenvalue weighted by Crippen LogP contribution is -2.32. The number of ether oxygens (including phenoxy) is 1. The summed E-state index contributed by atoms with van der Waals surface area (Å²) < 4.78 is 5.16. The van der Waals surface area contributed by atoms with E-state index in [4.69, 9.17) is 16.3 Å². The third-order valence-electron chi connectivity index (χ3n) is 3.14. The molecule has 1 aromatic rings. The van der Waals surface area contributed by atoms with Crippen LogP contribution in [0.1, 0.15) is 31.2 Å². The number of hydrogen-bond acceptors (Lipinski definition) is 2. The molecule has 0 N–H and O–H groups in total. The predicted molar refractivity (Wildman–Crippen MR) is 64.0 cm³/mol. The van der Waals surface area contributed by atoms with E-state index in [1.54, 1.807) is 7.11 Å². The van der Waals surface area contributed by atoms with Gasteiger partial charge in [-0.05, 0) is 30.5 Å². The van der Waals surface area contributed by atoms with Crippen LogP contribution >= 0.6 is 11.6 Å². The minimum atomic E-state index is -0.827. The Kier molecular flexibility index (Phi) is 3.20. The summed E-state index contributed by atoms with van der Waals surface area (Å²) in [5.41, 5.74) is 0.859. The van der Waals surface area contributed by atoms with Gasteiger partial charge in [-0.1, -0.05) is 18.6 Å². The van der Waals surface area contributed by atoms with Crippen molar-refractivity contribution in [3.63, 3.8) is 0 Å². The maximum atomic E-state index is 11.9. The molecule has 1 aromatic carbocycles. The monoisotopic (exact) mass is 238 g/mol. The van der Waals surface area contributed by atoms with E-state index in [0.29, 0.717) is 6.42 Å². The molecule has 0 heterocycles. The number of alkyl halides is 1. The number of methoxy groups -OCH3 is 1. The van der Waals surface area contributed by atoms with Gasteiger partial charge in [0, 0.05) is 6.42 Å². The molecule has 3 heteroatoms. The summed E-state index contributed by atoms with van der Waals surface area (Å²) in [6.07, 6.45) is 3.27. The normalized spacial score (nSPS) is 25.5. The van der Waals surface area contributed by atoms with Crippen LogP contribution in [0, 0.1) is 0 Å². The molecule has 16 heavy (non-hydrogen) atoms. The molecule has 86 valence electrons.